The van der Waals surface area contributed by atoms with Gasteiger partial charge in [0, 0.05) is 30.9 Å². The molecule has 3 rings (SSSR count). The van der Waals surface area contributed by atoms with Gasteiger partial charge in [0.1, 0.15) is 5.76 Å². The van der Waals surface area contributed by atoms with Crippen molar-refractivity contribution in [2.45, 2.75) is 13.3 Å². The zero-order chi connectivity index (χ0) is 13.1. The van der Waals surface area contributed by atoms with Crippen LogP contribution in [0, 0.1) is 6.92 Å². The molecule has 0 aliphatic carbocycles. The van der Waals surface area contributed by atoms with Crippen molar-refractivity contribution in [3.05, 3.63) is 36.2 Å². The van der Waals surface area contributed by atoms with Crippen LogP contribution in [0.4, 0.5) is 5.69 Å². The van der Waals surface area contributed by atoms with Crippen LogP contribution < -0.4 is 10.2 Å². The first-order valence-electron chi connectivity index (χ1n) is 6.81. The number of nitrogens with one attached hydrogen (secondary N) is 1. The molecular formula is C15H19N3O. The summed E-state index contributed by atoms with van der Waals surface area (Å²) in [5, 5.41) is 3.42. The van der Waals surface area contributed by atoms with Crippen LogP contribution in [0.1, 0.15) is 12.2 Å². The molecule has 1 saturated heterocycles. The summed E-state index contributed by atoms with van der Waals surface area (Å²) in [6.07, 6.45) is 2.95. The summed E-state index contributed by atoms with van der Waals surface area (Å²) in [5.74, 6) is 1.54. The second kappa shape index (κ2) is 5.45. The average molecular weight is 257 g/mol. The standard InChI is InChI=1S/C15H19N3O/c1-12-11-17-15(19-12)13-3-5-14(6-4-13)18-9-2-7-16-8-10-18/h3-6,11,16H,2,7-10H2,1H3. The van der Waals surface area contributed by atoms with E-state index in [1.807, 2.05) is 6.92 Å². The fraction of sp³-hybridized carbons (Fsp3) is 0.400. The Hall–Kier alpha value is -1.81. The molecule has 0 amide bonds. The normalized spacial score (nSPS) is 16.4. The lowest BCUT2D eigenvalue weighted by Crippen LogP contribution is -2.27. The van der Waals surface area contributed by atoms with Crippen LogP contribution in [0.3, 0.4) is 0 Å². The molecule has 19 heavy (non-hydrogen) atoms. The highest BCUT2D eigenvalue weighted by atomic mass is 16.4. The molecule has 0 spiro atoms. The summed E-state index contributed by atoms with van der Waals surface area (Å²) >= 11 is 0. The van der Waals surface area contributed by atoms with E-state index in [4.69, 9.17) is 4.42 Å². The topological polar surface area (TPSA) is 41.3 Å². The van der Waals surface area contributed by atoms with E-state index in [2.05, 4.69) is 39.5 Å². The smallest absolute Gasteiger partial charge is 0.226 e. The van der Waals surface area contributed by atoms with Gasteiger partial charge in [-0.2, -0.15) is 0 Å². The number of aryl methyl sites for hydroxylation is 1. The van der Waals surface area contributed by atoms with Gasteiger partial charge in [-0.15, -0.1) is 0 Å². The highest BCUT2D eigenvalue weighted by molar-refractivity contribution is 5.59. The van der Waals surface area contributed by atoms with Crippen LogP contribution in [-0.4, -0.2) is 31.2 Å². The third-order valence-corrected chi connectivity index (χ3v) is 3.44. The Balaban J connectivity index is 1.78. The van der Waals surface area contributed by atoms with Crippen molar-refractivity contribution in [2.24, 2.45) is 0 Å². The highest BCUT2D eigenvalue weighted by Crippen LogP contribution is 2.23. The Morgan fingerprint density at radius 1 is 1.16 bits per heavy atom. The SMILES string of the molecule is Cc1cnc(-c2ccc(N3CCCNCC3)cc2)o1. The maximum atomic E-state index is 5.54. The third kappa shape index (κ3) is 2.79. The van der Waals surface area contributed by atoms with Crippen LogP contribution in [-0.2, 0) is 0 Å². The highest BCUT2D eigenvalue weighted by Gasteiger charge is 2.10. The quantitative estimate of drug-likeness (QED) is 0.897. The lowest BCUT2D eigenvalue weighted by atomic mass is 10.2. The van der Waals surface area contributed by atoms with E-state index in [1.165, 1.54) is 12.1 Å². The number of hydrogen-bond acceptors (Lipinski definition) is 4. The van der Waals surface area contributed by atoms with E-state index in [1.54, 1.807) is 6.20 Å². The van der Waals surface area contributed by atoms with E-state index >= 15 is 0 Å². The number of rotatable bonds is 2. The lowest BCUT2D eigenvalue weighted by Gasteiger charge is -2.22. The summed E-state index contributed by atoms with van der Waals surface area (Å²) in [5.41, 5.74) is 2.31. The third-order valence-electron chi connectivity index (χ3n) is 3.44. The minimum atomic E-state index is 0.696. The molecule has 4 nitrogen and oxygen atoms in total. The van der Waals surface area contributed by atoms with Gasteiger partial charge in [-0.25, -0.2) is 4.98 Å². The van der Waals surface area contributed by atoms with Crippen LogP contribution >= 0.6 is 0 Å². The van der Waals surface area contributed by atoms with Crippen LogP contribution in [0.5, 0.6) is 0 Å². The molecule has 0 atom stereocenters. The monoisotopic (exact) mass is 257 g/mol. The second-order valence-electron chi connectivity index (χ2n) is 4.91. The largest absolute Gasteiger partial charge is 0.441 e. The number of oxazole rings is 1. The van der Waals surface area contributed by atoms with Gasteiger partial charge in [-0.1, -0.05) is 0 Å². The van der Waals surface area contributed by atoms with E-state index in [9.17, 15) is 0 Å². The minimum absolute atomic E-state index is 0.696. The van der Waals surface area contributed by atoms with E-state index in [0.29, 0.717) is 5.89 Å². The molecule has 2 aromatic rings. The van der Waals surface area contributed by atoms with Crippen LogP contribution in [0.2, 0.25) is 0 Å². The molecule has 1 aromatic heterocycles. The molecule has 0 bridgehead atoms. The predicted octanol–water partition coefficient (Wildman–Crippen LogP) is 2.45. The average Bonchev–Trinajstić information content (AvgIpc) is 2.72. The molecule has 4 heteroatoms. The van der Waals surface area contributed by atoms with Crippen molar-refractivity contribution in [3.63, 3.8) is 0 Å². The predicted molar refractivity (Wildman–Crippen MR) is 76.4 cm³/mol. The van der Waals surface area contributed by atoms with Gasteiger partial charge >= 0.3 is 0 Å². The fourth-order valence-electron chi connectivity index (χ4n) is 2.41. The zero-order valence-electron chi connectivity index (χ0n) is 11.2. The van der Waals surface area contributed by atoms with Crippen LogP contribution in [0.15, 0.2) is 34.9 Å². The summed E-state index contributed by atoms with van der Waals surface area (Å²) in [4.78, 5) is 6.67. The van der Waals surface area contributed by atoms with Crippen molar-refractivity contribution in [1.29, 1.82) is 0 Å². The summed E-state index contributed by atoms with van der Waals surface area (Å²) in [6, 6.07) is 8.47. The summed E-state index contributed by atoms with van der Waals surface area (Å²) in [7, 11) is 0. The first kappa shape index (κ1) is 12.2. The maximum Gasteiger partial charge on any atom is 0.226 e. The summed E-state index contributed by atoms with van der Waals surface area (Å²) in [6.45, 7) is 6.27. The van der Waals surface area contributed by atoms with Crippen molar-refractivity contribution in [2.75, 3.05) is 31.1 Å². The Kier molecular flexibility index (Phi) is 3.51. The number of anilines is 1. The molecule has 0 saturated carbocycles. The fourth-order valence-corrected chi connectivity index (χ4v) is 2.41. The Morgan fingerprint density at radius 3 is 2.74 bits per heavy atom. The Labute approximate surface area is 113 Å². The van der Waals surface area contributed by atoms with Gasteiger partial charge in [-0.3, -0.25) is 0 Å². The molecule has 1 fully saturated rings. The molecule has 1 aliphatic rings. The summed E-state index contributed by atoms with van der Waals surface area (Å²) < 4.78 is 5.54. The van der Waals surface area contributed by atoms with Crippen molar-refractivity contribution in [1.82, 2.24) is 10.3 Å². The molecule has 2 heterocycles. The molecule has 1 N–H and O–H groups in total. The van der Waals surface area contributed by atoms with Gasteiger partial charge < -0.3 is 14.6 Å². The van der Waals surface area contributed by atoms with E-state index in [-0.39, 0.29) is 0 Å². The molecular weight excluding hydrogens is 238 g/mol. The minimum Gasteiger partial charge on any atom is -0.441 e. The van der Waals surface area contributed by atoms with E-state index in [0.717, 1.165) is 37.5 Å². The van der Waals surface area contributed by atoms with Gasteiger partial charge in [0.2, 0.25) is 5.89 Å². The second-order valence-corrected chi connectivity index (χ2v) is 4.91. The lowest BCUT2D eigenvalue weighted by molar-refractivity contribution is 0.542. The van der Waals surface area contributed by atoms with Crippen molar-refractivity contribution in [3.8, 4) is 11.5 Å². The number of nitrogens with zero attached hydrogens (tertiary/aromatic N) is 2. The Bertz CT molecular complexity index is 525. The molecule has 0 unspecified atom stereocenters. The number of hydrogen-bond donors (Lipinski definition) is 1. The van der Waals surface area contributed by atoms with Crippen LogP contribution in [0.25, 0.3) is 11.5 Å². The van der Waals surface area contributed by atoms with Gasteiger partial charge in [-0.05, 0) is 44.2 Å². The van der Waals surface area contributed by atoms with E-state index < -0.39 is 0 Å². The number of benzene rings is 1. The van der Waals surface area contributed by atoms with Crippen molar-refractivity contribution < 1.29 is 4.42 Å². The zero-order valence-corrected chi connectivity index (χ0v) is 11.2. The number of aromatic nitrogens is 1. The van der Waals surface area contributed by atoms with Crippen molar-refractivity contribution >= 4 is 5.69 Å². The first-order valence-corrected chi connectivity index (χ1v) is 6.81. The first-order chi connectivity index (χ1) is 9.33. The Morgan fingerprint density at radius 2 is 2.00 bits per heavy atom. The molecule has 0 radical (unpaired) electrons. The van der Waals surface area contributed by atoms with Gasteiger partial charge in [0.05, 0.1) is 6.20 Å². The molecule has 1 aromatic carbocycles. The van der Waals surface area contributed by atoms with Gasteiger partial charge in [0.25, 0.3) is 0 Å². The molecule has 100 valence electrons. The molecule has 1 aliphatic heterocycles. The maximum absolute atomic E-state index is 5.54. The van der Waals surface area contributed by atoms with Gasteiger partial charge in [0.15, 0.2) is 0 Å².